The van der Waals surface area contributed by atoms with E-state index in [2.05, 4.69) is 0 Å². The second-order valence-electron chi connectivity index (χ2n) is 4.83. The number of aryl methyl sites for hydroxylation is 1. The molecule has 0 fully saturated rings. The molecule has 3 nitrogen and oxygen atoms in total. The van der Waals surface area contributed by atoms with Crippen molar-refractivity contribution < 1.29 is 9.18 Å². The van der Waals surface area contributed by atoms with Crippen LogP contribution in [0.1, 0.15) is 21.5 Å². The van der Waals surface area contributed by atoms with Crippen LogP contribution in [0.4, 0.5) is 10.1 Å². The minimum atomic E-state index is -0.591. The summed E-state index contributed by atoms with van der Waals surface area (Å²) < 4.78 is 13.8. The highest BCUT2D eigenvalue weighted by molar-refractivity contribution is 5.94. The summed E-state index contributed by atoms with van der Waals surface area (Å²) in [5, 5.41) is 0. The minimum Gasteiger partial charge on any atom is -0.399 e. The first-order chi connectivity index (χ1) is 9.49. The van der Waals surface area contributed by atoms with Crippen LogP contribution in [0.5, 0.6) is 0 Å². The van der Waals surface area contributed by atoms with Crippen LogP contribution in [0, 0.1) is 12.7 Å². The molecule has 0 heterocycles. The SMILES string of the molecule is Cc1ccccc1CN(C)C(=O)c1ccc(N)cc1F. The number of benzene rings is 2. The Bertz CT molecular complexity index is 640. The predicted octanol–water partition coefficient (Wildman–Crippen LogP) is 2.99. The first kappa shape index (κ1) is 14.1. The first-order valence-electron chi connectivity index (χ1n) is 6.34. The lowest BCUT2D eigenvalue weighted by Gasteiger charge is -2.19. The van der Waals surface area contributed by atoms with Gasteiger partial charge in [-0.05, 0) is 36.2 Å². The van der Waals surface area contributed by atoms with Gasteiger partial charge in [0.15, 0.2) is 0 Å². The van der Waals surface area contributed by atoms with E-state index in [-0.39, 0.29) is 11.5 Å². The summed E-state index contributed by atoms with van der Waals surface area (Å²) >= 11 is 0. The van der Waals surface area contributed by atoms with E-state index in [1.54, 1.807) is 7.05 Å². The molecule has 0 saturated heterocycles. The maximum Gasteiger partial charge on any atom is 0.256 e. The van der Waals surface area contributed by atoms with Gasteiger partial charge in [-0.15, -0.1) is 0 Å². The van der Waals surface area contributed by atoms with Gasteiger partial charge in [-0.2, -0.15) is 0 Å². The molecular formula is C16H17FN2O. The molecule has 2 aromatic carbocycles. The second-order valence-corrected chi connectivity index (χ2v) is 4.83. The van der Waals surface area contributed by atoms with Gasteiger partial charge >= 0.3 is 0 Å². The number of nitrogens with zero attached hydrogens (tertiary/aromatic N) is 1. The van der Waals surface area contributed by atoms with Crippen molar-refractivity contribution in [2.75, 3.05) is 12.8 Å². The zero-order chi connectivity index (χ0) is 14.7. The van der Waals surface area contributed by atoms with Gasteiger partial charge in [0.25, 0.3) is 5.91 Å². The molecular weight excluding hydrogens is 255 g/mol. The van der Waals surface area contributed by atoms with Crippen molar-refractivity contribution in [3.05, 3.63) is 65.0 Å². The van der Waals surface area contributed by atoms with Crippen LogP contribution in [0.2, 0.25) is 0 Å². The molecule has 0 aromatic heterocycles. The number of rotatable bonds is 3. The number of nitrogen functional groups attached to an aromatic ring is 1. The zero-order valence-electron chi connectivity index (χ0n) is 11.6. The minimum absolute atomic E-state index is 0.0373. The summed E-state index contributed by atoms with van der Waals surface area (Å²) in [6, 6.07) is 11.9. The van der Waals surface area contributed by atoms with Gasteiger partial charge in [0, 0.05) is 19.3 Å². The molecule has 0 aliphatic carbocycles. The van der Waals surface area contributed by atoms with Gasteiger partial charge < -0.3 is 10.6 Å². The number of carbonyl (C=O) groups is 1. The topological polar surface area (TPSA) is 46.3 Å². The van der Waals surface area contributed by atoms with Gasteiger partial charge in [-0.25, -0.2) is 4.39 Å². The van der Waals surface area contributed by atoms with Crippen molar-refractivity contribution in [2.45, 2.75) is 13.5 Å². The Morgan fingerprint density at radius 1 is 1.25 bits per heavy atom. The third-order valence-electron chi connectivity index (χ3n) is 3.24. The van der Waals surface area contributed by atoms with Crippen molar-refractivity contribution in [1.29, 1.82) is 0 Å². The van der Waals surface area contributed by atoms with Crippen LogP contribution in [0.15, 0.2) is 42.5 Å². The third-order valence-corrected chi connectivity index (χ3v) is 3.24. The summed E-state index contributed by atoms with van der Waals surface area (Å²) in [5.74, 6) is -0.947. The van der Waals surface area contributed by atoms with E-state index in [9.17, 15) is 9.18 Å². The number of halogens is 1. The quantitative estimate of drug-likeness (QED) is 0.873. The highest BCUT2D eigenvalue weighted by Gasteiger charge is 2.16. The number of hydrogen-bond acceptors (Lipinski definition) is 2. The zero-order valence-corrected chi connectivity index (χ0v) is 11.6. The lowest BCUT2D eigenvalue weighted by Crippen LogP contribution is -2.27. The summed E-state index contributed by atoms with van der Waals surface area (Å²) in [6.45, 7) is 2.42. The number of carbonyl (C=O) groups excluding carboxylic acids is 1. The van der Waals surface area contributed by atoms with Crippen molar-refractivity contribution >= 4 is 11.6 Å². The number of anilines is 1. The van der Waals surface area contributed by atoms with Crippen LogP contribution in [0.3, 0.4) is 0 Å². The summed E-state index contributed by atoms with van der Waals surface area (Å²) in [5.41, 5.74) is 7.97. The van der Waals surface area contributed by atoms with Crippen LogP contribution in [0.25, 0.3) is 0 Å². The fourth-order valence-electron chi connectivity index (χ4n) is 2.03. The normalized spacial score (nSPS) is 10.3. The molecule has 20 heavy (non-hydrogen) atoms. The smallest absolute Gasteiger partial charge is 0.256 e. The van der Waals surface area contributed by atoms with E-state index >= 15 is 0 Å². The summed E-state index contributed by atoms with van der Waals surface area (Å²) in [7, 11) is 1.66. The van der Waals surface area contributed by atoms with Crippen molar-refractivity contribution in [3.63, 3.8) is 0 Å². The van der Waals surface area contributed by atoms with E-state index in [1.165, 1.54) is 17.0 Å². The Balaban J connectivity index is 2.19. The van der Waals surface area contributed by atoms with Gasteiger partial charge in [0.2, 0.25) is 0 Å². The van der Waals surface area contributed by atoms with Crippen LogP contribution in [-0.4, -0.2) is 17.9 Å². The standard InChI is InChI=1S/C16H17FN2O/c1-11-5-3-4-6-12(11)10-19(2)16(20)14-8-7-13(18)9-15(14)17/h3-9H,10,18H2,1-2H3. The molecule has 2 aromatic rings. The second kappa shape index (κ2) is 5.74. The molecule has 0 aliphatic heterocycles. The molecule has 0 radical (unpaired) electrons. The Morgan fingerprint density at radius 3 is 2.60 bits per heavy atom. The van der Waals surface area contributed by atoms with Gasteiger partial charge in [0.1, 0.15) is 5.82 Å². The molecule has 2 rings (SSSR count). The molecule has 0 atom stereocenters. The number of hydrogen-bond donors (Lipinski definition) is 1. The van der Waals surface area contributed by atoms with E-state index in [1.807, 2.05) is 31.2 Å². The van der Waals surface area contributed by atoms with Gasteiger partial charge in [0.05, 0.1) is 5.56 Å². The average Bonchev–Trinajstić information content (AvgIpc) is 2.40. The molecule has 0 saturated carbocycles. The van der Waals surface area contributed by atoms with Crippen LogP contribution < -0.4 is 5.73 Å². The van der Waals surface area contributed by atoms with E-state index in [0.717, 1.165) is 17.2 Å². The molecule has 4 heteroatoms. The Morgan fingerprint density at radius 2 is 1.95 bits per heavy atom. The predicted molar refractivity (Wildman–Crippen MR) is 77.8 cm³/mol. The van der Waals surface area contributed by atoms with Gasteiger partial charge in [-0.1, -0.05) is 24.3 Å². The summed E-state index contributed by atoms with van der Waals surface area (Å²) in [6.07, 6.45) is 0. The van der Waals surface area contributed by atoms with Crippen molar-refractivity contribution in [1.82, 2.24) is 4.90 Å². The lowest BCUT2D eigenvalue weighted by atomic mass is 10.1. The molecule has 0 aliphatic rings. The molecule has 104 valence electrons. The van der Waals surface area contributed by atoms with Crippen LogP contribution >= 0.6 is 0 Å². The summed E-state index contributed by atoms with van der Waals surface area (Å²) in [4.78, 5) is 13.7. The average molecular weight is 272 g/mol. The van der Waals surface area contributed by atoms with Gasteiger partial charge in [-0.3, -0.25) is 4.79 Å². The number of nitrogens with two attached hydrogens (primary N) is 1. The fourth-order valence-corrected chi connectivity index (χ4v) is 2.03. The largest absolute Gasteiger partial charge is 0.399 e. The van der Waals surface area contributed by atoms with E-state index in [4.69, 9.17) is 5.73 Å². The Hall–Kier alpha value is -2.36. The third kappa shape index (κ3) is 2.96. The fraction of sp³-hybridized carbons (Fsp3) is 0.188. The molecule has 0 bridgehead atoms. The Kier molecular flexibility index (Phi) is 4.03. The van der Waals surface area contributed by atoms with Crippen molar-refractivity contribution in [3.8, 4) is 0 Å². The lowest BCUT2D eigenvalue weighted by molar-refractivity contribution is 0.0780. The first-order valence-corrected chi connectivity index (χ1v) is 6.34. The van der Waals surface area contributed by atoms with E-state index < -0.39 is 5.82 Å². The number of amides is 1. The molecule has 1 amide bonds. The monoisotopic (exact) mass is 272 g/mol. The maximum atomic E-state index is 13.8. The highest BCUT2D eigenvalue weighted by Crippen LogP contribution is 2.16. The molecule has 0 unspecified atom stereocenters. The van der Waals surface area contributed by atoms with Crippen LogP contribution in [-0.2, 0) is 6.54 Å². The Labute approximate surface area is 117 Å². The maximum absolute atomic E-state index is 13.8. The molecule has 0 spiro atoms. The van der Waals surface area contributed by atoms with Crippen molar-refractivity contribution in [2.24, 2.45) is 0 Å². The molecule has 2 N–H and O–H groups in total. The highest BCUT2D eigenvalue weighted by atomic mass is 19.1. The van der Waals surface area contributed by atoms with E-state index in [0.29, 0.717) is 12.2 Å².